The van der Waals surface area contributed by atoms with Gasteiger partial charge in [0.2, 0.25) is 0 Å². The molecular formula is C9H15N3OS. The number of aryl methyl sites for hydroxylation is 1. The minimum atomic E-state index is -0.0969. The Bertz CT molecular complexity index is 322. The molecule has 0 saturated heterocycles. The van der Waals surface area contributed by atoms with Crippen LogP contribution in [0.25, 0.3) is 0 Å². The third kappa shape index (κ3) is 2.78. The molecule has 0 bridgehead atoms. The number of rotatable bonds is 3. The standard InChI is InChI=1S/C9H15N3OS/c1-5(10)6(2)12-9(13)8-4-11-7(3)14-8/h4-6H,10H2,1-3H3,(H,12,13). The maximum atomic E-state index is 11.6. The molecule has 1 heterocycles. The second-order valence-electron chi connectivity index (χ2n) is 3.36. The summed E-state index contributed by atoms with van der Waals surface area (Å²) in [4.78, 5) is 16.2. The van der Waals surface area contributed by atoms with E-state index < -0.39 is 0 Å². The molecule has 78 valence electrons. The van der Waals surface area contributed by atoms with Crippen LogP contribution in [0.15, 0.2) is 6.20 Å². The van der Waals surface area contributed by atoms with Gasteiger partial charge in [0.05, 0.1) is 11.2 Å². The van der Waals surface area contributed by atoms with Gasteiger partial charge in [-0.15, -0.1) is 11.3 Å². The van der Waals surface area contributed by atoms with E-state index in [1.807, 2.05) is 20.8 Å². The summed E-state index contributed by atoms with van der Waals surface area (Å²) in [6.45, 7) is 5.62. The molecule has 0 spiro atoms. The quantitative estimate of drug-likeness (QED) is 0.784. The summed E-state index contributed by atoms with van der Waals surface area (Å²) < 4.78 is 0. The maximum absolute atomic E-state index is 11.6. The summed E-state index contributed by atoms with van der Waals surface area (Å²) in [5, 5.41) is 3.71. The Morgan fingerprint density at radius 3 is 2.71 bits per heavy atom. The first-order valence-corrected chi connectivity index (χ1v) is 5.31. The zero-order chi connectivity index (χ0) is 10.7. The molecular weight excluding hydrogens is 198 g/mol. The van der Waals surface area contributed by atoms with Crippen molar-refractivity contribution >= 4 is 17.2 Å². The second-order valence-corrected chi connectivity index (χ2v) is 4.60. The van der Waals surface area contributed by atoms with E-state index in [-0.39, 0.29) is 18.0 Å². The van der Waals surface area contributed by atoms with Crippen LogP contribution < -0.4 is 11.1 Å². The first kappa shape index (κ1) is 11.1. The highest BCUT2D eigenvalue weighted by Crippen LogP contribution is 2.11. The average Bonchev–Trinajstić information content (AvgIpc) is 2.51. The lowest BCUT2D eigenvalue weighted by atomic mass is 10.2. The van der Waals surface area contributed by atoms with Gasteiger partial charge in [-0.1, -0.05) is 0 Å². The van der Waals surface area contributed by atoms with Crippen LogP contribution in [0.3, 0.4) is 0 Å². The number of aromatic nitrogens is 1. The SMILES string of the molecule is Cc1ncc(C(=O)NC(C)C(C)N)s1. The van der Waals surface area contributed by atoms with Gasteiger partial charge in [0.1, 0.15) is 4.88 Å². The monoisotopic (exact) mass is 213 g/mol. The van der Waals surface area contributed by atoms with E-state index in [0.717, 1.165) is 5.01 Å². The lowest BCUT2D eigenvalue weighted by Gasteiger charge is -2.16. The summed E-state index contributed by atoms with van der Waals surface area (Å²) in [6, 6.07) is -0.0714. The van der Waals surface area contributed by atoms with Gasteiger partial charge in [0.25, 0.3) is 5.91 Å². The van der Waals surface area contributed by atoms with Crippen LogP contribution in [0.4, 0.5) is 0 Å². The highest BCUT2D eigenvalue weighted by molar-refractivity contribution is 7.13. The Morgan fingerprint density at radius 1 is 1.64 bits per heavy atom. The molecule has 1 amide bonds. The van der Waals surface area contributed by atoms with E-state index in [4.69, 9.17) is 5.73 Å². The van der Waals surface area contributed by atoms with Crippen molar-refractivity contribution in [2.75, 3.05) is 0 Å². The number of nitrogens with one attached hydrogen (secondary N) is 1. The number of nitrogens with two attached hydrogens (primary N) is 1. The summed E-state index contributed by atoms with van der Waals surface area (Å²) >= 11 is 1.39. The maximum Gasteiger partial charge on any atom is 0.263 e. The Morgan fingerprint density at radius 2 is 2.29 bits per heavy atom. The largest absolute Gasteiger partial charge is 0.347 e. The predicted octanol–water partition coefficient (Wildman–Crippen LogP) is 0.917. The van der Waals surface area contributed by atoms with Crippen LogP contribution >= 0.6 is 11.3 Å². The number of amides is 1. The number of nitrogens with zero attached hydrogens (tertiary/aromatic N) is 1. The topological polar surface area (TPSA) is 68.0 Å². The van der Waals surface area contributed by atoms with Crippen LogP contribution in [0, 0.1) is 6.92 Å². The zero-order valence-electron chi connectivity index (χ0n) is 8.57. The molecule has 1 rings (SSSR count). The molecule has 2 unspecified atom stereocenters. The van der Waals surface area contributed by atoms with E-state index in [1.54, 1.807) is 6.20 Å². The highest BCUT2D eigenvalue weighted by Gasteiger charge is 2.14. The van der Waals surface area contributed by atoms with Crippen molar-refractivity contribution < 1.29 is 4.79 Å². The minimum absolute atomic E-state index is 0.0232. The molecule has 0 aliphatic carbocycles. The molecule has 0 aliphatic rings. The Hall–Kier alpha value is -0.940. The molecule has 1 aromatic rings. The van der Waals surface area contributed by atoms with Crippen molar-refractivity contribution in [1.82, 2.24) is 10.3 Å². The molecule has 0 saturated carbocycles. The molecule has 0 radical (unpaired) electrons. The lowest BCUT2D eigenvalue weighted by molar-refractivity contribution is 0.0939. The normalized spacial score (nSPS) is 14.9. The molecule has 0 fully saturated rings. The molecule has 3 N–H and O–H groups in total. The third-order valence-corrected chi connectivity index (χ3v) is 2.90. The van der Waals surface area contributed by atoms with Gasteiger partial charge in [-0.2, -0.15) is 0 Å². The summed E-state index contributed by atoms with van der Waals surface area (Å²) in [5.74, 6) is -0.0969. The van der Waals surface area contributed by atoms with Crippen molar-refractivity contribution in [3.05, 3.63) is 16.1 Å². The lowest BCUT2D eigenvalue weighted by Crippen LogP contribution is -2.43. The number of thiazole rings is 1. The highest BCUT2D eigenvalue weighted by atomic mass is 32.1. The molecule has 5 heteroatoms. The molecule has 2 atom stereocenters. The van der Waals surface area contributed by atoms with E-state index >= 15 is 0 Å². The van der Waals surface area contributed by atoms with Crippen LogP contribution in [-0.4, -0.2) is 23.0 Å². The first-order chi connectivity index (χ1) is 6.50. The zero-order valence-corrected chi connectivity index (χ0v) is 9.39. The Balaban J connectivity index is 2.59. The number of hydrogen-bond acceptors (Lipinski definition) is 4. The van der Waals surface area contributed by atoms with Gasteiger partial charge in [-0.3, -0.25) is 4.79 Å². The summed E-state index contributed by atoms with van der Waals surface area (Å²) in [7, 11) is 0. The Labute approximate surface area is 87.5 Å². The van der Waals surface area contributed by atoms with Crippen LogP contribution in [0.5, 0.6) is 0 Å². The predicted molar refractivity (Wildman–Crippen MR) is 57.4 cm³/mol. The Kier molecular flexibility index (Phi) is 3.60. The van der Waals surface area contributed by atoms with E-state index in [1.165, 1.54) is 11.3 Å². The van der Waals surface area contributed by atoms with E-state index in [2.05, 4.69) is 10.3 Å². The first-order valence-electron chi connectivity index (χ1n) is 4.49. The van der Waals surface area contributed by atoms with Gasteiger partial charge < -0.3 is 11.1 Å². The molecule has 1 aromatic heterocycles. The van der Waals surface area contributed by atoms with Crippen molar-refractivity contribution in [2.24, 2.45) is 5.73 Å². The smallest absolute Gasteiger partial charge is 0.263 e. The van der Waals surface area contributed by atoms with Crippen molar-refractivity contribution in [3.8, 4) is 0 Å². The number of carbonyl (C=O) groups excluding carboxylic acids is 1. The van der Waals surface area contributed by atoms with Crippen molar-refractivity contribution in [1.29, 1.82) is 0 Å². The average molecular weight is 213 g/mol. The van der Waals surface area contributed by atoms with Gasteiger partial charge in [-0.05, 0) is 20.8 Å². The fourth-order valence-electron chi connectivity index (χ4n) is 0.876. The van der Waals surface area contributed by atoms with Crippen LogP contribution in [0.2, 0.25) is 0 Å². The number of carbonyl (C=O) groups is 1. The van der Waals surface area contributed by atoms with Gasteiger partial charge >= 0.3 is 0 Å². The van der Waals surface area contributed by atoms with Gasteiger partial charge in [0, 0.05) is 12.1 Å². The molecule has 4 nitrogen and oxygen atoms in total. The van der Waals surface area contributed by atoms with E-state index in [9.17, 15) is 4.79 Å². The molecule has 0 aliphatic heterocycles. The second kappa shape index (κ2) is 4.52. The van der Waals surface area contributed by atoms with Crippen LogP contribution in [-0.2, 0) is 0 Å². The third-order valence-electron chi connectivity index (χ3n) is 1.99. The van der Waals surface area contributed by atoms with E-state index in [0.29, 0.717) is 4.88 Å². The fraction of sp³-hybridized carbons (Fsp3) is 0.556. The van der Waals surface area contributed by atoms with Crippen LogP contribution in [0.1, 0.15) is 28.5 Å². The van der Waals surface area contributed by atoms with Crippen molar-refractivity contribution in [2.45, 2.75) is 32.9 Å². The molecule has 0 aromatic carbocycles. The fourth-order valence-corrected chi connectivity index (χ4v) is 1.56. The molecule has 14 heavy (non-hydrogen) atoms. The van der Waals surface area contributed by atoms with Gasteiger partial charge in [-0.25, -0.2) is 4.98 Å². The van der Waals surface area contributed by atoms with Crippen molar-refractivity contribution in [3.63, 3.8) is 0 Å². The number of hydrogen-bond donors (Lipinski definition) is 2. The summed E-state index contributed by atoms with van der Waals surface area (Å²) in [6.07, 6.45) is 1.59. The van der Waals surface area contributed by atoms with Gasteiger partial charge in [0.15, 0.2) is 0 Å². The summed E-state index contributed by atoms with van der Waals surface area (Å²) in [5.41, 5.74) is 5.64. The minimum Gasteiger partial charge on any atom is -0.347 e.